The third-order valence-electron chi connectivity index (χ3n) is 4.97. The molecule has 0 aliphatic rings. The number of aliphatic hydroxyl groups excluding tert-OH is 4. The number of phenolic OH excluding ortho intramolecular Hbond substituents is 1. The molecule has 4 atom stereocenters. The number of rotatable bonds is 12. The number of phenols is 1. The third kappa shape index (κ3) is 7.81. The summed E-state index contributed by atoms with van der Waals surface area (Å²) in [6, 6.07) is 12.7. The van der Waals surface area contributed by atoms with Crippen molar-refractivity contribution in [3.05, 3.63) is 59.7 Å². The van der Waals surface area contributed by atoms with Crippen molar-refractivity contribution in [2.24, 2.45) is 0 Å². The second-order valence-corrected chi connectivity index (χ2v) is 7.49. The highest BCUT2D eigenvalue weighted by Gasteiger charge is 2.33. The normalized spacial score (nSPS) is 14.7. The van der Waals surface area contributed by atoms with Crippen LogP contribution in [0, 0.1) is 0 Å². The number of benzene rings is 2. The number of para-hydroxylation sites is 1. The maximum absolute atomic E-state index is 12.8. The smallest absolute Gasteiger partial charge is 0.340 e. The third-order valence-corrected chi connectivity index (χ3v) is 4.97. The van der Waals surface area contributed by atoms with Gasteiger partial charge in [-0.05, 0) is 43.3 Å². The number of ether oxygens (including phenoxy) is 1. The van der Waals surface area contributed by atoms with E-state index in [1.54, 1.807) is 31.3 Å². The van der Waals surface area contributed by atoms with E-state index in [0.29, 0.717) is 6.42 Å². The van der Waals surface area contributed by atoms with Gasteiger partial charge in [-0.3, -0.25) is 4.79 Å². The predicted octanol–water partition coefficient (Wildman–Crippen LogP) is -0.217. The van der Waals surface area contributed by atoms with Crippen LogP contribution in [0.25, 0.3) is 0 Å². The SMILES string of the molecule is CNCC(OC(=O)c1ccccc1NC(=O)CCc1ccc(O)cc1)C(O)C(O)C(O)CO. The second-order valence-electron chi connectivity index (χ2n) is 7.49. The molecule has 2 aromatic rings. The minimum absolute atomic E-state index is 0.0384. The summed E-state index contributed by atoms with van der Waals surface area (Å²) in [5, 5.41) is 53.5. The van der Waals surface area contributed by atoms with Crippen LogP contribution in [0.5, 0.6) is 5.75 Å². The lowest BCUT2D eigenvalue weighted by Gasteiger charge is -2.28. The van der Waals surface area contributed by atoms with E-state index in [4.69, 9.17) is 9.84 Å². The predicted molar refractivity (Wildman–Crippen MR) is 120 cm³/mol. The Balaban J connectivity index is 2.06. The minimum Gasteiger partial charge on any atom is -0.508 e. The van der Waals surface area contributed by atoms with Crippen LogP contribution < -0.4 is 10.6 Å². The number of anilines is 1. The molecule has 4 unspecified atom stereocenters. The molecule has 2 rings (SSSR count). The average molecular weight is 462 g/mol. The molecule has 0 bridgehead atoms. The molecule has 1 amide bonds. The number of aromatic hydroxyl groups is 1. The van der Waals surface area contributed by atoms with E-state index in [9.17, 15) is 30.0 Å². The fraction of sp³-hybridized carbons (Fsp3) is 0.391. The van der Waals surface area contributed by atoms with Gasteiger partial charge in [0.1, 0.15) is 30.2 Å². The number of hydrogen-bond donors (Lipinski definition) is 7. The topological polar surface area (TPSA) is 169 Å². The van der Waals surface area contributed by atoms with E-state index in [0.717, 1.165) is 5.56 Å². The molecule has 0 aliphatic heterocycles. The van der Waals surface area contributed by atoms with Gasteiger partial charge in [-0.1, -0.05) is 24.3 Å². The molecule has 7 N–H and O–H groups in total. The fourth-order valence-electron chi connectivity index (χ4n) is 3.09. The molecule has 2 aromatic carbocycles. The number of carbonyl (C=O) groups excluding carboxylic acids is 2. The average Bonchev–Trinajstić information content (AvgIpc) is 2.82. The van der Waals surface area contributed by atoms with Gasteiger partial charge in [-0.2, -0.15) is 0 Å². The second kappa shape index (κ2) is 12.9. The van der Waals surface area contributed by atoms with Gasteiger partial charge in [0.05, 0.1) is 17.9 Å². The van der Waals surface area contributed by atoms with Gasteiger partial charge in [-0.15, -0.1) is 0 Å². The molecule has 0 saturated heterocycles. The number of carbonyl (C=O) groups is 2. The van der Waals surface area contributed by atoms with Crippen LogP contribution in [-0.4, -0.2) is 82.0 Å². The number of nitrogens with one attached hydrogen (secondary N) is 2. The van der Waals surface area contributed by atoms with E-state index in [1.165, 1.54) is 24.3 Å². The number of hydrogen-bond acceptors (Lipinski definition) is 9. The lowest BCUT2D eigenvalue weighted by Crippen LogP contribution is -2.50. The summed E-state index contributed by atoms with van der Waals surface area (Å²) < 4.78 is 5.34. The highest BCUT2D eigenvalue weighted by atomic mass is 16.6. The maximum Gasteiger partial charge on any atom is 0.340 e. The number of aryl methyl sites for hydroxylation is 1. The van der Waals surface area contributed by atoms with Gasteiger partial charge in [0.15, 0.2) is 0 Å². The largest absolute Gasteiger partial charge is 0.508 e. The Morgan fingerprint density at radius 2 is 1.67 bits per heavy atom. The van der Waals surface area contributed by atoms with Gasteiger partial charge < -0.3 is 40.9 Å². The van der Waals surface area contributed by atoms with Crippen LogP contribution in [0.3, 0.4) is 0 Å². The van der Waals surface area contributed by atoms with Gasteiger partial charge in [0.25, 0.3) is 0 Å². The first kappa shape index (κ1) is 26.2. The van der Waals surface area contributed by atoms with E-state index < -0.39 is 37.0 Å². The molecule has 0 saturated carbocycles. The Labute approximate surface area is 191 Å². The van der Waals surface area contributed by atoms with Crippen LogP contribution in [-0.2, 0) is 16.0 Å². The van der Waals surface area contributed by atoms with E-state index in [2.05, 4.69) is 10.6 Å². The highest BCUT2D eigenvalue weighted by Crippen LogP contribution is 2.19. The molecule has 0 aromatic heterocycles. The summed E-state index contributed by atoms with van der Waals surface area (Å²) in [5.74, 6) is -1.05. The molecule has 0 aliphatic carbocycles. The van der Waals surface area contributed by atoms with Gasteiger partial charge >= 0.3 is 5.97 Å². The lowest BCUT2D eigenvalue weighted by molar-refractivity contribution is -0.116. The summed E-state index contributed by atoms with van der Waals surface area (Å²) in [4.78, 5) is 25.2. The first-order valence-corrected chi connectivity index (χ1v) is 10.4. The Morgan fingerprint density at radius 3 is 2.30 bits per heavy atom. The molecule has 180 valence electrons. The molecule has 10 heteroatoms. The van der Waals surface area contributed by atoms with Crippen molar-refractivity contribution in [2.75, 3.05) is 25.5 Å². The van der Waals surface area contributed by atoms with E-state index in [1.807, 2.05) is 0 Å². The molecular weight excluding hydrogens is 432 g/mol. The zero-order chi connectivity index (χ0) is 24.4. The molecule has 0 spiro atoms. The standard InChI is InChI=1S/C23H30N2O8/c1-24-12-19(22(31)21(30)18(28)13-26)33-23(32)16-4-2-3-5-17(16)25-20(29)11-8-14-6-9-15(27)10-7-14/h2-7,9-10,18-19,21-22,24,26-28,30-31H,8,11-13H2,1H3,(H,25,29). The lowest BCUT2D eigenvalue weighted by atomic mass is 10.0. The fourth-order valence-corrected chi connectivity index (χ4v) is 3.09. The van der Waals surface area contributed by atoms with Crippen LogP contribution in [0.1, 0.15) is 22.3 Å². The number of amides is 1. The van der Waals surface area contributed by atoms with Crippen molar-refractivity contribution in [1.82, 2.24) is 5.32 Å². The van der Waals surface area contributed by atoms with E-state index >= 15 is 0 Å². The summed E-state index contributed by atoms with van der Waals surface area (Å²) in [6.07, 6.45) is -5.69. The van der Waals surface area contributed by atoms with Crippen LogP contribution >= 0.6 is 0 Å². The van der Waals surface area contributed by atoms with Crippen LogP contribution in [0.4, 0.5) is 5.69 Å². The van der Waals surface area contributed by atoms with E-state index in [-0.39, 0.29) is 35.9 Å². The van der Waals surface area contributed by atoms with Gasteiger partial charge in [-0.25, -0.2) is 4.79 Å². The molecule has 0 heterocycles. The van der Waals surface area contributed by atoms with Crippen molar-refractivity contribution in [2.45, 2.75) is 37.3 Å². The summed E-state index contributed by atoms with van der Waals surface area (Å²) in [6.45, 7) is -0.819. The number of likely N-dealkylation sites (N-methyl/N-ethyl adjacent to an activating group) is 1. The van der Waals surface area contributed by atoms with Crippen molar-refractivity contribution >= 4 is 17.6 Å². The van der Waals surface area contributed by atoms with Crippen molar-refractivity contribution in [3.8, 4) is 5.75 Å². The summed E-state index contributed by atoms with van der Waals surface area (Å²) in [7, 11) is 1.55. The molecule has 0 radical (unpaired) electrons. The van der Waals surface area contributed by atoms with Crippen LogP contribution in [0.2, 0.25) is 0 Å². The number of aliphatic hydroxyl groups is 4. The summed E-state index contributed by atoms with van der Waals surface area (Å²) >= 11 is 0. The molecular formula is C23H30N2O8. The zero-order valence-electron chi connectivity index (χ0n) is 18.2. The Morgan fingerprint density at radius 1 is 1.00 bits per heavy atom. The molecule has 0 fully saturated rings. The first-order valence-electron chi connectivity index (χ1n) is 10.4. The van der Waals surface area contributed by atoms with Gasteiger partial charge in [0.2, 0.25) is 5.91 Å². The monoisotopic (exact) mass is 462 g/mol. The summed E-state index contributed by atoms with van der Waals surface area (Å²) in [5.41, 5.74) is 1.12. The first-order chi connectivity index (χ1) is 15.8. The van der Waals surface area contributed by atoms with Crippen molar-refractivity contribution < 1.29 is 39.9 Å². The quantitative estimate of drug-likeness (QED) is 0.211. The van der Waals surface area contributed by atoms with Crippen molar-refractivity contribution in [3.63, 3.8) is 0 Å². The molecule has 10 nitrogen and oxygen atoms in total. The Kier molecular flexibility index (Phi) is 10.2. The number of esters is 1. The molecule has 33 heavy (non-hydrogen) atoms. The zero-order valence-corrected chi connectivity index (χ0v) is 18.2. The van der Waals surface area contributed by atoms with Crippen LogP contribution in [0.15, 0.2) is 48.5 Å². The Bertz CT molecular complexity index is 906. The highest BCUT2D eigenvalue weighted by molar-refractivity contribution is 6.01. The Hall–Kier alpha value is -3.02. The van der Waals surface area contributed by atoms with Crippen molar-refractivity contribution in [1.29, 1.82) is 0 Å². The maximum atomic E-state index is 12.8. The minimum atomic E-state index is -1.74. The van der Waals surface area contributed by atoms with Gasteiger partial charge in [0, 0.05) is 13.0 Å².